The molecule has 174 valence electrons. The molecule has 0 saturated carbocycles. The van der Waals surface area contributed by atoms with Gasteiger partial charge in [-0.2, -0.15) is 0 Å². The molecule has 9 nitrogen and oxygen atoms in total. The third-order valence-corrected chi connectivity index (χ3v) is 7.56. The first-order valence-electron chi connectivity index (χ1n) is 10.5. The first-order valence-corrected chi connectivity index (χ1v) is 12.1. The number of nitrogens with two attached hydrogens (primary N) is 1. The van der Waals surface area contributed by atoms with Crippen LogP contribution in [0.2, 0.25) is 0 Å². The van der Waals surface area contributed by atoms with Gasteiger partial charge in [0, 0.05) is 23.9 Å². The molecule has 2 amide bonds. The molecule has 0 saturated heterocycles. The number of primary amides is 1. The number of aromatic amines is 1. The van der Waals surface area contributed by atoms with E-state index < -0.39 is 21.0 Å². The largest absolute Gasteiger partial charge is 0.366 e. The zero-order valence-electron chi connectivity index (χ0n) is 18.6. The molecule has 0 bridgehead atoms. The smallest absolute Gasteiger partial charge is 0.255 e. The van der Waals surface area contributed by atoms with Crippen molar-refractivity contribution >= 4 is 32.8 Å². The Morgan fingerprint density at radius 1 is 1.12 bits per heavy atom. The number of rotatable bonds is 7. The molecule has 0 aliphatic heterocycles. The quantitative estimate of drug-likeness (QED) is 0.373. The standard InChI is InChI=1S/C24H23N5O4S/c1-14(2)34(32,33)18-8-6-16(7-9-18)20-13-27-23-21(29-20)19(12-26-23)24(31)28-11-15-4-3-5-17(10-15)22(25)30/h3-10,12-14H,11H2,1-2H3,(H2,25,30)(H,26,27)(H,28,31). The van der Waals surface area contributed by atoms with E-state index in [9.17, 15) is 18.0 Å². The number of sulfone groups is 1. The number of fused-ring (bicyclic) bond motifs is 1. The highest BCUT2D eigenvalue weighted by Gasteiger charge is 2.19. The monoisotopic (exact) mass is 477 g/mol. The summed E-state index contributed by atoms with van der Waals surface area (Å²) in [5.74, 6) is -0.900. The van der Waals surface area contributed by atoms with Crippen molar-refractivity contribution in [2.24, 2.45) is 5.73 Å². The number of hydrogen-bond acceptors (Lipinski definition) is 6. The van der Waals surface area contributed by atoms with Gasteiger partial charge in [-0.3, -0.25) is 9.59 Å². The van der Waals surface area contributed by atoms with Gasteiger partial charge in [0.05, 0.1) is 27.6 Å². The SMILES string of the molecule is CC(C)S(=O)(=O)c1ccc(-c2cnc3[nH]cc(C(=O)NCc4cccc(C(N)=O)c4)c3n2)cc1. The van der Waals surface area contributed by atoms with Crippen LogP contribution < -0.4 is 11.1 Å². The molecule has 4 N–H and O–H groups in total. The third kappa shape index (κ3) is 4.53. The molecule has 0 aliphatic carbocycles. The van der Waals surface area contributed by atoms with Gasteiger partial charge in [0.2, 0.25) is 5.91 Å². The van der Waals surface area contributed by atoms with Gasteiger partial charge in [0.25, 0.3) is 5.91 Å². The van der Waals surface area contributed by atoms with E-state index in [1.54, 1.807) is 68.6 Å². The van der Waals surface area contributed by atoms with E-state index >= 15 is 0 Å². The Hall–Kier alpha value is -4.05. The van der Waals surface area contributed by atoms with Gasteiger partial charge in [-0.15, -0.1) is 0 Å². The van der Waals surface area contributed by atoms with Crippen molar-refractivity contribution in [3.63, 3.8) is 0 Å². The van der Waals surface area contributed by atoms with Crippen LogP contribution in [0.4, 0.5) is 0 Å². The number of H-pyrrole nitrogens is 1. The van der Waals surface area contributed by atoms with Crippen molar-refractivity contribution in [2.75, 3.05) is 0 Å². The van der Waals surface area contributed by atoms with Crippen molar-refractivity contribution < 1.29 is 18.0 Å². The van der Waals surface area contributed by atoms with Gasteiger partial charge >= 0.3 is 0 Å². The number of nitrogens with one attached hydrogen (secondary N) is 2. The summed E-state index contributed by atoms with van der Waals surface area (Å²) in [5.41, 5.74) is 8.73. The molecule has 0 atom stereocenters. The predicted octanol–water partition coefficient (Wildman–Crippen LogP) is 2.84. The normalized spacial score (nSPS) is 11.6. The van der Waals surface area contributed by atoms with E-state index in [2.05, 4.69) is 20.3 Å². The van der Waals surface area contributed by atoms with Crippen molar-refractivity contribution in [3.05, 3.63) is 77.6 Å². The van der Waals surface area contributed by atoms with Crippen LogP contribution in [0.15, 0.2) is 65.8 Å². The highest BCUT2D eigenvalue weighted by molar-refractivity contribution is 7.92. The Morgan fingerprint density at radius 2 is 1.85 bits per heavy atom. The first-order chi connectivity index (χ1) is 16.2. The zero-order valence-corrected chi connectivity index (χ0v) is 19.4. The van der Waals surface area contributed by atoms with Crippen molar-refractivity contribution in [2.45, 2.75) is 30.5 Å². The van der Waals surface area contributed by atoms with Crippen LogP contribution in [0, 0.1) is 0 Å². The molecule has 34 heavy (non-hydrogen) atoms. The molecule has 2 aromatic carbocycles. The first kappa shape index (κ1) is 23.1. The van der Waals surface area contributed by atoms with Gasteiger partial charge < -0.3 is 16.0 Å². The Kier molecular flexibility index (Phi) is 6.16. The van der Waals surface area contributed by atoms with Crippen LogP contribution in [-0.2, 0) is 16.4 Å². The number of hydrogen-bond donors (Lipinski definition) is 3. The molecule has 0 unspecified atom stereocenters. The number of aromatic nitrogens is 3. The summed E-state index contributed by atoms with van der Waals surface area (Å²) in [6, 6.07) is 13.1. The maximum Gasteiger partial charge on any atom is 0.255 e. The summed E-state index contributed by atoms with van der Waals surface area (Å²) in [5, 5.41) is 2.29. The van der Waals surface area contributed by atoms with Gasteiger partial charge in [-0.25, -0.2) is 18.4 Å². The van der Waals surface area contributed by atoms with Gasteiger partial charge in [0.15, 0.2) is 15.5 Å². The van der Waals surface area contributed by atoms with E-state index in [0.717, 1.165) is 5.56 Å². The molecular formula is C24H23N5O4S. The number of carbonyl (C=O) groups excluding carboxylic acids is 2. The van der Waals surface area contributed by atoms with Crippen LogP contribution in [-0.4, -0.2) is 40.4 Å². The molecule has 0 fully saturated rings. The predicted molar refractivity (Wildman–Crippen MR) is 128 cm³/mol. The number of benzene rings is 2. The lowest BCUT2D eigenvalue weighted by molar-refractivity contribution is 0.0951. The third-order valence-electron chi connectivity index (χ3n) is 5.39. The molecule has 2 heterocycles. The van der Waals surface area contributed by atoms with Crippen molar-refractivity contribution in [1.29, 1.82) is 0 Å². The van der Waals surface area contributed by atoms with Crippen molar-refractivity contribution in [3.8, 4) is 11.3 Å². The van der Waals surface area contributed by atoms with Crippen LogP contribution in [0.5, 0.6) is 0 Å². The number of carbonyl (C=O) groups is 2. The molecule has 10 heteroatoms. The van der Waals surface area contributed by atoms with Crippen molar-refractivity contribution in [1.82, 2.24) is 20.3 Å². The lowest BCUT2D eigenvalue weighted by Gasteiger charge is -2.09. The van der Waals surface area contributed by atoms with Gasteiger partial charge in [-0.1, -0.05) is 24.3 Å². The summed E-state index contributed by atoms with van der Waals surface area (Å²) < 4.78 is 24.7. The summed E-state index contributed by atoms with van der Waals surface area (Å²) in [4.78, 5) is 36.3. The van der Waals surface area contributed by atoms with E-state index in [1.807, 2.05) is 0 Å². The second-order valence-corrected chi connectivity index (χ2v) is 10.5. The minimum absolute atomic E-state index is 0.200. The fourth-order valence-electron chi connectivity index (χ4n) is 3.40. The lowest BCUT2D eigenvalue weighted by atomic mass is 10.1. The second-order valence-electron chi connectivity index (χ2n) is 8.02. The maximum atomic E-state index is 12.8. The fourth-order valence-corrected chi connectivity index (χ4v) is 4.46. The van der Waals surface area contributed by atoms with E-state index in [4.69, 9.17) is 5.73 Å². The minimum atomic E-state index is -3.38. The van der Waals surface area contributed by atoms with Crippen LogP contribution >= 0.6 is 0 Å². The highest BCUT2D eigenvalue weighted by atomic mass is 32.2. The average molecular weight is 478 g/mol. The zero-order chi connectivity index (χ0) is 24.5. The molecule has 0 aliphatic rings. The minimum Gasteiger partial charge on any atom is -0.366 e. The summed E-state index contributed by atoms with van der Waals surface area (Å²) in [7, 11) is -3.38. The van der Waals surface area contributed by atoms with Gasteiger partial charge in [-0.05, 0) is 43.7 Å². The van der Waals surface area contributed by atoms with E-state index in [-0.39, 0.29) is 17.3 Å². The Balaban J connectivity index is 1.57. The van der Waals surface area contributed by atoms with Crippen LogP contribution in [0.25, 0.3) is 22.4 Å². The van der Waals surface area contributed by atoms with E-state index in [1.165, 1.54) is 6.20 Å². The van der Waals surface area contributed by atoms with E-state index in [0.29, 0.717) is 33.5 Å². The van der Waals surface area contributed by atoms with Crippen LogP contribution in [0.3, 0.4) is 0 Å². The molecular weight excluding hydrogens is 454 g/mol. The highest BCUT2D eigenvalue weighted by Crippen LogP contribution is 2.24. The lowest BCUT2D eigenvalue weighted by Crippen LogP contribution is -2.23. The molecule has 0 spiro atoms. The van der Waals surface area contributed by atoms with Crippen LogP contribution in [0.1, 0.15) is 40.1 Å². The second kappa shape index (κ2) is 9.06. The number of nitrogens with zero attached hydrogens (tertiary/aromatic N) is 2. The average Bonchev–Trinajstić information content (AvgIpc) is 3.26. The maximum absolute atomic E-state index is 12.8. The molecule has 0 radical (unpaired) electrons. The topological polar surface area (TPSA) is 148 Å². The Morgan fingerprint density at radius 3 is 2.53 bits per heavy atom. The molecule has 2 aromatic heterocycles. The summed E-state index contributed by atoms with van der Waals surface area (Å²) >= 11 is 0. The summed E-state index contributed by atoms with van der Waals surface area (Å²) in [6.45, 7) is 3.47. The Labute approximate surface area is 196 Å². The Bertz CT molecular complexity index is 1490. The van der Waals surface area contributed by atoms with Gasteiger partial charge in [0.1, 0.15) is 5.52 Å². The molecule has 4 aromatic rings. The summed E-state index contributed by atoms with van der Waals surface area (Å²) in [6.07, 6.45) is 3.09. The number of amides is 2. The fraction of sp³-hybridized carbons (Fsp3) is 0.167. The molecule has 4 rings (SSSR count).